The fraction of sp³-hybridized carbons (Fsp3) is 0.474. The molecule has 25 heavy (non-hydrogen) atoms. The number of hydrogen-bond acceptors (Lipinski definition) is 6. The van der Waals surface area contributed by atoms with Crippen molar-refractivity contribution >= 4 is 23.0 Å². The Morgan fingerprint density at radius 2 is 2.00 bits per heavy atom. The third-order valence-electron chi connectivity index (χ3n) is 5.08. The van der Waals surface area contributed by atoms with Crippen LogP contribution in [0.5, 0.6) is 0 Å². The van der Waals surface area contributed by atoms with Crippen LogP contribution in [0, 0.1) is 0 Å². The van der Waals surface area contributed by atoms with Gasteiger partial charge in [0, 0.05) is 32.6 Å². The van der Waals surface area contributed by atoms with Crippen molar-refractivity contribution < 1.29 is 4.74 Å². The summed E-state index contributed by atoms with van der Waals surface area (Å²) in [6, 6.07) is 7.28. The quantitative estimate of drug-likeness (QED) is 0.924. The predicted octanol–water partition coefficient (Wildman–Crippen LogP) is 2.98. The molecule has 2 aliphatic rings. The Kier molecular flexibility index (Phi) is 4.55. The molecule has 1 N–H and O–H groups in total. The molecule has 1 saturated heterocycles. The molecule has 2 aliphatic heterocycles. The number of piperidine rings is 1. The molecule has 1 aromatic heterocycles. The first-order valence-electron chi connectivity index (χ1n) is 8.95. The minimum atomic E-state index is 0.456. The van der Waals surface area contributed by atoms with Gasteiger partial charge in [-0.3, -0.25) is 4.90 Å². The van der Waals surface area contributed by atoms with Crippen molar-refractivity contribution in [3.8, 4) is 0 Å². The lowest BCUT2D eigenvalue weighted by molar-refractivity contribution is 0.205. The Bertz CT molecular complexity index is 744. The minimum absolute atomic E-state index is 0.456. The number of nitrogens with zero attached hydrogens (tertiary/aromatic N) is 4. The number of nitrogens with one attached hydrogen (secondary N) is 1. The van der Waals surface area contributed by atoms with Crippen molar-refractivity contribution in [1.82, 2.24) is 15.3 Å². The number of aromatic nitrogens is 2. The van der Waals surface area contributed by atoms with Crippen LogP contribution in [0.25, 0.3) is 0 Å². The van der Waals surface area contributed by atoms with Gasteiger partial charge in [0.1, 0.15) is 6.73 Å². The van der Waals surface area contributed by atoms with E-state index in [1.807, 2.05) is 7.05 Å². The van der Waals surface area contributed by atoms with Gasteiger partial charge in [0.25, 0.3) is 0 Å². The fourth-order valence-corrected chi connectivity index (χ4v) is 3.82. The highest BCUT2D eigenvalue weighted by Crippen LogP contribution is 2.45. The molecule has 3 heterocycles. The zero-order valence-electron chi connectivity index (χ0n) is 14.9. The summed E-state index contributed by atoms with van der Waals surface area (Å²) in [5, 5.41) is 3.64. The number of hydrogen-bond donors (Lipinski definition) is 1. The van der Waals surface area contributed by atoms with Crippen molar-refractivity contribution in [2.75, 3.05) is 37.2 Å². The molecular weight excluding hydrogens is 314 g/mol. The maximum atomic E-state index is 5.45. The summed E-state index contributed by atoms with van der Waals surface area (Å²) in [5.74, 6) is 1.70. The van der Waals surface area contributed by atoms with Gasteiger partial charge in [-0.15, -0.1) is 0 Å². The smallest absolute Gasteiger partial charge is 0.178 e. The molecule has 132 valence electrons. The normalized spacial score (nSPS) is 19.5. The molecule has 6 heteroatoms. The molecule has 1 unspecified atom stereocenters. The molecule has 0 aliphatic carbocycles. The molecule has 2 aromatic rings. The third kappa shape index (κ3) is 3.07. The summed E-state index contributed by atoms with van der Waals surface area (Å²) < 4.78 is 5.45. The second-order valence-corrected chi connectivity index (χ2v) is 6.78. The zero-order valence-corrected chi connectivity index (χ0v) is 14.9. The standard InChI is InChI=1S/C19H25N5O/c1-23-16-7-6-14(11-15-5-3-4-8-20-15)12-17(16)24(13-25-2)19-18(23)21-9-10-22-19/h6-7,9-10,12,15,20H,3-5,8,11,13H2,1-2H3. The van der Waals surface area contributed by atoms with E-state index >= 15 is 0 Å². The minimum Gasteiger partial charge on any atom is -0.364 e. The topological polar surface area (TPSA) is 53.5 Å². The fourth-order valence-electron chi connectivity index (χ4n) is 3.82. The SMILES string of the molecule is COCN1c2cc(CC3CCCCN3)ccc2N(C)c2nccnc21. The molecule has 0 amide bonds. The molecule has 1 aromatic carbocycles. The number of anilines is 4. The summed E-state index contributed by atoms with van der Waals surface area (Å²) in [6.07, 6.45) is 8.40. The van der Waals surface area contributed by atoms with E-state index in [0.717, 1.165) is 36.0 Å². The molecule has 6 nitrogen and oxygen atoms in total. The largest absolute Gasteiger partial charge is 0.364 e. The molecular formula is C19H25N5O. The van der Waals surface area contributed by atoms with E-state index in [1.54, 1.807) is 19.5 Å². The highest BCUT2D eigenvalue weighted by atomic mass is 16.5. The van der Waals surface area contributed by atoms with Crippen LogP contribution < -0.4 is 15.1 Å². The number of benzene rings is 1. The number of fused-ring (bicyclic) bond motifs is 2. The predicted molar refractivity (Wildman–Crippen MR) is 99.9 cm³/mol. The second-order valence-electron chi connectivity index (χ2n) is 6.78. The molecule has 1 atom stereocenters. The summed E-state index contributed by atoms with van der Waals surface area (Å²) in [6.45, 7) is 1.59. The van der Waals surface area contributed by atoms with Crippen LogP contribution in [-0.4, -0.2) is 43.4 Å². The zero-order chi connectivity index (χ0) is 17.2. The molecule has 0 radical (unpaired) electrons. The van der Waals surface area contributed by atoms with Crippen LogP contribution in [0.3, 0.4) is 0 Å². The highest BCUT2D eigenvalue weighted by molar-refractivity contribution is 5.89. The third-order valence-corrected chi connectivity index (χ3v) is 5.08. The average Bonchev–Trinajstić information content (AvgIpc) is 2.66. The van der Waals surface area contributed by atoms with Crippen LogP contribution in [-0.2, 0) is 11.2 Å². The maximum Gasteiger partial charge on any atom is 0.178 e. The van der Waals surface area contributed by atoms with Crippen molar-refractivity contribution in [3.05, 3.63) is 36.2 Å². The molecule has 1 fully saturated rings. The average molecular weight is 339 g/mol. The van der Waals surface area contributed by atoms with E-state index in [9.17, 15) is 0 Å². The van der Waals surface area contributed by atoms with Gasteiger partial charge >= 0.3 is 0 Å². The monoisotopic (exact) mass is 339 g/mol. The van der Waals surface area contributed by atoms with Crippen molar-refractivity contribution in [3.63, 3.8) is 0 Å². The van der Waals surface area contributed by atoms with Gasteiger partial charge in [-0.1, -0.05) is 12.5 Å². The summed E-state index contributed by atoms with van der Waals surface area (Å²) in [7, 11) is 3.75. The van der Waals surface area contributed by atoms with E-state index in [0.29, 0.717) is 12.8 Å². The number of rotatable bonds is 4. The summed E-state index contributed by atoms with van der Waals surface area (Å²) in [4.78, 5) is 13.3. The Morgan fingerprint density at radius 1 is 1.16 bits per heavy atom. The van der Waals surface area contributed by atoms with E-state index in [2.05, 4.69) is 43.3 Å². The Hall–Kier alpha value is -2.18. The first-order valence-corrected chi connectivity index (χ1v) is 8.95. The molecule has 0 saturated carbocycles. The van der Waals surface area contributed by atoms with Crippen LogP contribution in [0.2, 0.25) is 0 Å². The van der Waals surface area contributed by atoms with E-state index < -0.39 is 0 Å². The Labute approximate surface area is 148 Å². The molecule has 4 rings (SSSR count). The van der Waals surface area contributed by atoms with Crippen LogP contribution >= 0.6 is 0 Å². The van der Waals surface area contributed by atoms with Crippen molar-refractivity contribution in [1.29, 1.82) is 0 Å². The van der Waals surface area contributed by atoms with Gasteiger partial charge in [-0.25, -0.2) is 9.97 Å². The van der Waals surface area contributed by atoms with Crippen LogP contribution in [0.1, 0.15) is 24.8 Å². The molecule has 0 bridgehead atoms. The van der Waals surface area contributed by atoms with Gasteiger partial charge in [-0.2, -0.15) is 0 Å². The number of ether oxygens (including phenoxy) is 1. The first kappa shape index (κ1) is 16.3. The number of methoxy groups -OCH3 is 1. The van der Waals surface area contributed by atoms with Crippen molar-refractivity contribution in [2.45, 2.75) is 31.7 Å². The Balaban J connectivity index is 1.69. The van der Waals surface area contributed by atoms with Crippen molar-refractivity contribution in [2.24, 2.45) is 0 Å². The lowest BCUT2D eigenvalue weighted by Crippen LogP contribution is -2.35. The first-order chi connectivity index (χ1) is 12.3. The summed E-state index contributed by atoms with van der Waals surface area (Å²) >= 11 is 0. The van der Waals surface area contributed by atoms with Gasteiger partial charge < -0.3 is 15.0 Å². The van der Waals surface area contributed by atoms with Gasteiger partial charge in [0.15, 0.2) is 11.6 Å². The van der Waals surface area contributed by atoms with Gasteiger partial charge in [0.2, 0.25) is 0 Å². The summed E-state index contributed by atoms with van der Waals surface area (Å²) in [5.41, 5.74) is 3.61. The molecule has 0 spiro atoms. The second kappa shape index (κ2) is 6.98. The maximum absolute atomic E-state index is 5.45. The van der Waals surface area contributed by atoms with Gasteiger partial charge in [-0.05, 0) is 43.5 Å². The van der Waals surface area contributed by atoms with Gasteiger partial charge in [0.05, 0.1) is 11.4 Å². The van der Waals surface area contributed by atoms with E-state index in [4.69, 9.17) is 4.74 Å². The Morgan fingerprint density at radius 3 is 2.76 bits per heavy atom. The van der Waals surface area contributed by atoms with E-state index in [-0.39, 0.29) is 0 Å². The van der Waals surface area contributed by atoms with Crippen LogP contribution in [0.4, 0.5) is 23.0 Å². The lowest BCUT2D eigenvalue weighted by atomic mass is 9.97. The lowest BCUT2D eigenvalue weighted by Gasteiger charge is -2.36. The van der Waals surface area contributed by atoms with E-state index in [1.165, 1.54) is 24.8 Å². The highest BCUT2D eigenvalue weighted by Gasteiger charge is 2.29. The van der Waals surface area contributed by atoms with Crippen LogP contribution in [0.15, 0.2) is 30.6 Å².